The smallest absolute Gasteiger partial charge is 0.425 e. The van der Waals surface area contributed by atoms with Gasteiger partial charge in [-0.15, -0.1) is 0 Å². The lowest BCUT2D eigenvalue weighted by atomic mass is 10.2. The minimum absolute atomic E-state index is 0.0483. The molecule has 0 saturated heterocycles. The van der Waals surface area contributed by atoms with Crippen LogP contribution in [0.5, 0.6) is 17.2 Å². The van der Waals surface area contributed by atoms with Crippen LogP contribution in [0.2, 0.25) is 0 Å². The van der Waals surface area contributed by atoms with Crippen LogP contribution in [0.3, 0.4) is 0 Å². The Balaban J connectivity index is 1.87. The van der Waals surface area contributed by atoms with Crippen molar-refractivity contribution in [3.05, 3.63) is 48.0 Å². The highest BCUT2D eigenvalue weighted by Gasteiger charge is 2.38. The molecule has 0 aromatic heterocycles. The second-order valence-corrected chi connectivity index (χ2v) is 5.68. The van der Waals surface area contributed by atoms with Crippen LogP contribution in [-0.2, 0) is 11.2 Å². The average Bonchev–Trinajstić information content (AvgIpc) is 2.79. The van der Waals surface area contributed by atoms with E-state index in [0.717, 1.165) is 5.56 Å². The molecule has 2 aromatic rings. The normalized spacial score (nSPS) is 14.8. The Hall–Kier alpha value is -2.06. The van der Waals surface area contributed by atoms with Crippen LogP contribution >= 0.6 is 7.80 Å². The molecule has 1 aliphatic rings. The lowest BCUT2D eigenvalue weighted by molar-refractivity contribution is 0.305. The molecule has 3 rings (SSSR count). The maximum absolute atomic E-state index is 11.9. The molecule has 0 fully saturated rings. The monoisotopic (exact) mass is 275 g/mol. The number of phenols is 1. The van der Waals surface area contributed by atoms with E-state index in [4.69, 9.17) is 9.47 Å². The first-order valence-electron chi connectivity index (χ1n) is 5.85. The highest BCUT2D eigenvalue weighted by atomic mass is 31.1. The van der Waals surface area contributed by atoms with Crippen molar-refractivity contribution >= 4 is 13.1 Å². The summed E-state index contributed by atoms with van der Waals surface area (Å²) in [6, 6.07) is 12.6. The van der Waals surface area contributed by atoms with Crippen LogP contribution in [0.1, 0.15) is 5.56 Å². The van der Waals surface area contributed by atoms with Crippen LogP contribution in [-0.4, -0.2) is 11.5 Å². The zero-order valence-corrected chi connectivity index (χ0v) is 11.0. The zero-order chi connectivity index (χ0) is 13.2. The second-order valence-electron chi connectivity index (χ2n) is 4.22. The SMILES string of the molecule is O=[P+]1COc2cc(O)cc(OCc3ccccc3)c21. The van der Waals surface area contributed by atoms with Gasteiger partial charge in [0, 0.05) is 12.1 Å². The molecule has 0 spiro atoms. The largest absolute Gasteiger partial charge is 0.508 e. The van der Waals surface area contributed by atoms with E-state index < -0.39 is 7.80 Å². The van der Waals surface area contributed by atoms with E-state index in [9.17, 15) is 9.67 Å². The summed E-state index contributed by atoms with van der Waals surface area (Å²) >= 11 is 0. The molecule has 1 unspecified atom stereocenters. The Bertz CT molecular complexity index is 625. The highest BCUT2D eigenvalue weighted by Crippen LogP contribution is 2.40. The molecule has 1 heterocycles. The summed E-state index contributed by atoms with van der Waals surface area (Å²) in [5.74, 6) is 0.925. The summed E-state index contributed by atoms with van der Waals surface area (Å²) < 4.78 is 22.8. The molecule has 1 aliphatic heterocycles. The summed E-state index contributed by atoms with van der Waals surface area (Å²) in [7, 11) is -1.60. The molecule has 96 valence electrons. The topological polar surface area (TPSA) is 55.8 Å². The highest BCUT2D eigenvalue weighted by molar-refractivity contribution is 7.54. The van der Waals surface area contributed by atoms with Gasteiger partial charge in [0.05, 0.1) is 0 Å². The number of rotatable bonds is 3. The van der Waals surface area contributed by atoms with E-state index in [0.29, 0.717) is 23.4 Å². The van der Waals surface area contributed by atoms with Crippen LogP contribution in [0.25, 0.3) is 0 Å². The number of phenolic OH excluding ortho intramolecular Hbond substituents is 1. The van der Waals surface area contributed by atoms with Crippen molar-refractivity contribution in [3.63, 3.8) is 0 Å². The third-order valence-electron chi connectivity index (χ3n) is 2.85. The third kappa shape index (κ3) is 2.40. The first-order valence-corrected chi connectivity index (χ1v) is 7.30. The van der Waals surface area contributed by atoms with Crippen LogP contribution in [0.4, 0.5) is 0 Å². The Morgan fingerprint density at radius 1 is 1.26 bits per heavy atom. The number of benzene rings is 2. The van der Waals surface area contributed by atoms with Gasteiger partial charge >= 0.3 is 7.80 Å². The molecule has 0 bridgehead atoms. The van der Waals surface area contributed by atoms with Gasteiger partial charge in [-0.1, -0.05) is 34.9 Å². The van der Waals surface area contributed by atoms with E-state index in [2.05, 4.69) is 0 Å². The van der Waals surface area contributed by atoms with Gasteiger partial charge in [0.25, 0.3) is 11.7 Å². The summed E-state index contributed by atoms with van der Waals surface area (Å²) in [4.78, 5) is 0. The molecule has 0 saturated carbocycles. The zero-order valence-electron chi connectivity index (χ0n) is 10.1. The van der Waals surface area contributed by atoms with Crippen LogP contribution in [0, 0.1) is 0 Å². The molecule has 1 atom stereocenters. The predicted molar refractivity (Wildman–Crippen MR) is 71.6 cm³/mol. The number of hydrogen-bond acceptors (Lipinski definition) is 4. The first kappa shape index (κ1) is 12.0. The quantitative estimate of drug-likeness (QED) is 0.875. The van der Waals surface area contributed by atoms with Crippen molar-refractivity contribution in [1.29, 1.82) is 0 Å². The van der Waals surface area contributed by atoms with Gasteiger partial charge in [-0.05, 0) is 5.56 Å². The fourth-order valence-electron chi connectivity index (χ4n) is 1.96. The Morgan fingerprint density at radius 2 is 2.05 bits per heavy atom. The van der Waals surface area contributed by atoms with Crippen molar-refractivity contribution < 1.29 is 19.1 Å². The van der Waals surface area contributed by atoms with Gasteiger partial charge in [0.1, 0.15) is 12.4 Å². The minimum Gasteiger partial charge on any atom is -0.508 e. The molecule has 2 aromatic carbocycles. The fourth-order valence-corrected chi connectivity index (χ4v) is 3.10. The minimum atomic E-state index is -1.60. The maximum atomic E-state index is 11.9. The molecule has 19 heavy (non-hydrogen) atoms. The average molecular weight is 275 g/mol. The fraction of sp³-hybridized carbons (Fsp3) is 0.143. The van der Waals surface area contributed by atoms with E-state index in [1.165, 1.54) is 12.1 Å². The Labute approximate surface area is 111 Å². The molecule has 4 nitrogen and oxygen atoms in total. The first-order chi connectivity index (χ1) is 9.24. The molecule has 0 aliphatic carbocycles. The number of ether oxygens (including phenoxy) is 2. The summed E-state index contributed by atoms with van der Waals surface area (Å²) in [6.45, 7) is 0.361. The van der Waals surface area contributed by atoms with Gasteiger partial charge in [0.2, 0.25) is 0 Å². The molecule has 5 heteroatoms. The van der Waals surface area contributed by atoms with Crippen molar-refractivity contribution in [3.8, 4) is 17.2 Å². The van der Waals surface area contributed by atoms with E-state index >= 15 is 0 Å². The molecule has 1 N–H and O–H groups in total. The van der Waals surface area contributed by atoms with Gasteiger partial charge in [-0.25, -0.2) is 0 Å². The number of fused-ring (bicyclic) bond motifs is 1. The summed E-state index contributed by atoms with van der Waals surface area (Å²) in [5.41, 5.74) is 1.01. The van der Waals surface area contributed by atoms with Crippen molar-refractivity contribution in [1.82, 2.24) is 0 Å². The lowest BCUT2D eigenvalue weighted by Crippen LogP contribution is -2.04. The van der Waals surface area contributed by atoms with E-state index in [1.54, 1.807) is 0 Å². The molecular formula is C14H12O4P+. The van der Waals surface area contributed by atoms with Crippen molar-refractivity contribution in [2.75, 3.05) is 6.35 Å². The van der Waals surface area contributed by atoms with Crippen molar-refractivity contribution in [2.24, 2.45) is 0 Å². The standard InChI is InChI=1S/C14H11O4P/c15-11-6-12(14-13(7-11)18-9-19(14)16)17-8-10-4-2-1-3-5-10/h1-7H,8-9H2/p+1. The van der Waals surface area contributed by atoms with E-state index in [-0.39, 0.29) is 12.1 Å². The Kier molecular flexibility index (Phi) is 3.10. The van der Waals surface area contributed by atoms with Gasteiger partial charge < -0.3 is 14.6 Å². The van der Waals surface area contributed by atoms with Crippen LogP contribution < -0.4 is 14.8 Å². The van der Waals surface area contributed by atoms with Gasteiger partial charge in [-0.3, -0.25) is 0 Å². The van der Waals surface area contributed by atoms with Crippen LogP contribution in [0.15, 0.2) is 42.5 Å². The second kappa shape index (κ2) is 4.90. The molecule has 0 amide bonds. The van der Waals surface area contributed by atoms with Gasteiger partial charge in [0.15, 0.2) is 11.5 Å². The molecule has 0 radical (unpaired) electrons. The predicted octanol–water partition coefficient (Wildman–Crippen LogP) is 2.77. The number of hydrogen-bond donors (Lipinski definition) is 1. The van der Waals surface area contributed by atoms with E-state index in [1.807, 2.05) is 30.3 Å². The maximum Gasteiger partial charge on any atom is 0.425 e. The lowest BCUT2D eigenvalue weighted by Gasteiger charge is -2.06. The molecular weight excluding hydrogens is 263 g/mol. The summed E-state index contributed by atoms with van der Waals surface area (Å²) in [6.07, 6.45) is 0.149. The van der Waals surface area contributed by atoms with Crippen molar-refractivity contribution in [2.45, 2.75) is 6.61 Å². The Morgan fingerprint density at radius 3 is 2.84 bits per heavy atom. The number of aromatic hydroxyl groups is 1. The summed E-state index contributed by atoms with van der Waals surface area (Å²) in [5, 5.41) is 10.2. The van der Waals surface area contributed by atoms with Gasteiger partial charge in [-0.2, -0.15) is 0 Å². The third-order valence-corrected chi connectivity index (χ3v) is 4.15.